The van der Waals surface area contributed by atoms with E-state index in [-0.39, 0.29) is 23.9 Å². The first-order valence-electron chi connectivity index (χ1n) is 11.8. The molecule has 0 N–H and O–H groups in total. The van der Waals surface area contributed by atoms with Gasteiger partial charge in [-0.2, -0.15) is 0 Å². The van der Waals surface area contributed by atoms with E-state index >= 15 is 0 Å². The van der Waals surface area contributed by atoms with Crippen molar-refractivity contribution in [3.8, 4) is 0 Å². The van der Waals surface area contributed by atoms with Crippen molar-refractivity contribution in [2.24, 2.45) is 5.92 Å². The van der Waals surface area contributed by atoms with E-state index in [1.807, 2.05) is 55.6 Å². The summed E-state index contributed by atoms with van der Waals surface area (Å²) in [5.74, 6) is 0.585. The minimum Gasteiger partial charge on any atom is -0.444 e. The van der Waals surface area contributed by atoms with Gasteiger partial charge in [0.15, 0.2) is 0 Å². The van der Waals surface area contributed by atoms with Crippen LogP contribution in [0.15, 0.2) is 40.3 Å². The minimum absolute atomic E-state index is 0.0612. The molecule has 0 aromatic carbocycles. The van der Waals surface area contributed by atoms with Crippen LogP contribution in [-0.4, -0.2) is 56.4 Å². The van der Waals surface area contributed by atoms with E-state index in [1.165, 1.54) is 12.8 Å². The van der Waals surface area contributed by atoms with Crippen molar-refractivity contribution < 1.29 is 9.53 Å². The largest absolute Gasteiger partial charge is 0.444 e. The topological polar surface area (TPSA) is 72.6 Å². The Hall–Kier alpha value is -2.29. The van der Waals surface area contributed by atoms with Crippen LogP contribution < -0.4 is 10.5 Å². The number of amides is 1. The summed E-state index contributed by atoms with van der Waals surface area (Å²) in [4.78, 5) is 34.3. The molecule has 8 nitrogen and oxygen atoms in total. The Morgan fingerprint density at radius 2 is 2.09 bits per heavy atom. The molecule has 4 rings (SSSR count). The highest BCUT2D eigenvalue weighted by molar-refractivity contribution is 9.10. The number of halogens is 1. The van der Waals surface area contributed by atoms with Gasteiger partial charge in [0, 0.05) is 43.8 Å². The fourth-order valence-electron chi connectivity index (χ4n) is 4.36. The molecule has 3 heterocycles. The first kappa shape index (κ1) is 23.9. The van der Waals surface area contributed by atoms with Crippen LogP contribution in [0.2, 0.25) is 0 Å². The van der Waals surface area contributed by atoms with Crippen molar-refractivity contribution in [2.45, 2.75) is 71.2 Å². The summed E-state index contributed by atoms with van der Waals surface area (Å²) in [7, 11) is 0. The standard InChI is InChI=1S/C24H34BrN5O3/c1-17(28-15-21(25)26-16-28)29-11-9-19(12-22(29)31)27-10-5-6-20(14-27)30(13-18-7-8-18)23(32)33-24(2,3)4/h9,11-12,15-18,20H,5-8,10,13-14H2,1-4H3/t17?,20-/m1/s1. The second kappa shape index (κ2) is 9.52. The number of imidazole rings is 1. The smallest absolute Gasteiger partial charge is 0.410 e. The van der Waals surface area contributed by atoms with E-state index in [1.54, 1.807) is 17.0 Å². The lowest BCUT2D eigenvalue weighted by Crippen LogP contribution is -2.52. The van der Waals surface area contributed by atoms with Gasteiger partial charge in [0.2, 0.25) is 0 Å². The Balaban J connectivity index is 1.49. The van der Waals surface area contributed by atoms with Crippen LogP contribution in [0.25, 0.3) is 0 Å². The number of aromatic nitrogens is 3. The van der Waals surface area contributed by atoms with E-state index in [4.69, 9.17) is 4.74 Å². The molecule has 1 saturated carbocycles. The van der Waals surface area contributed by atoms with Gasteiger partial charge in [0.05, 0.1) is 12.4 Å². The van der Waals surface area contributed by atoms with Crippen LogP contribution in [0.1, 0.15) is 59.5 Å². The van der Waals surface area contributed by atoms with Crippen LogP contribution >= 0.6 is 15.9 Å². The number of carbonyl (C=O) groups excluding carboxylic acids is 1. The van der Waals surface area contributed by atoms with E-state index in [0.717, 1.165) is 36.2 Å². The van der Waals surface area contributed by atoms with Crippen LogP contribution in [-0.2, 0) is 4.74 Å². The Morgan fingerprint density at radius 1 is 1.33 bits per heavy atom. The number of carbonyl (C=O) groups is 1. The zero-order chi connectivity index (χ0) is 23.8. The molecule has 2 atom stereocenters. The fourth-order valence-corrected chi connectivity index (χ4v) is 4.69. The summed E-state index contributed by atoms with van der Waals surface area (Å²) in [6.45, 7) is 10.0. The minimum atomic E-state index is -0.515. The normalized spacial score (nSPS) is 19.9. The van der Waals surface area contributed by atoms with E-state index < -0.39 is 5.60 Å². The first-order valence-corrected chi connectivity index (χ1v) is 12.6. The quantitative estimate of drug-likeness (QED) is 0.562. The Morgan fingerprint density at radius 3 is 2.70 bits per heavy atom. The number of anilines is 1. The van der Waals surface area contributed by atoms with Crippen LogP contribution in [0.3, 0.4) is 0 Å². The number of hydrogen-bond donors (Lipinski definition) is 0. The maximum absolute atomic E-state index is 13.0. The van der Waals surface area contributed by atoms with E-state index in [2.05, 4.69) is 25.8 Å². The van der Waals surface area contributed by atoms with Crippen LogP contribution in [0.5, 0.6) is 0 Å². The summed E-state index contributed by atoms with van der Waals surface area (Å²) < 4.78 is 10.0. The highest BCUT2D eigenvalue weighted by Crippen LogP contribution is 2.32. The zero-order valence-corrected chi connectivity index (χ0v) is 21.5. The molecule has 180 valence electrons. The van der Waals surface area contributed by atoms with Crippen molar-refractivity contribution in [2.75, 3.05) is 24.5 Å². The zero-order valence-electron chi connectivity index (χ0n) is 19.9. The van der Waals surface area contributed by atoms with Crippen molar-refractivity contribution in [3.05, 3.63) is 45.8 Å². The van der Waals surface area contributed by atoms with Crippen molar-refractivity contribution >= 4 is 27.7 Å². The molecule has 1 aliphatic heterocycles. The number of ether oxygens (including phenoxy) is 1. The SMILES string of the molecule is CC(n1cnc(Br)c1)n1ccc(N2CCC[C@@H](N(CC3CC3)C(=O)OC(C)(C)C)C2)cc1=O. The van der Waals surface area contributed by atoms with E-state index in [0.29, 0.717) is 12.5 Å². The molecule has 0 spiro atoms. The second-order valence-corrected chi connectivity index (χ2v) is 11.0. The Kier molecular flexibility index (Phi) is 6.88. The number of piperidine rings is 1. The van der Waals surface area contributed by atoms with Gasteiger partial charge in [0.25, 0.3) is 5.56 Å². The molecular weight excluding hydrogens is 486 g/mol. The summed E-state index contributed by atoms with van der Waals surface area (Å²) in [6.07, 6.45) is 9.27. The average Bonchev–Trinajstić information content (AvgIpc) is 3.48. The van der Waals surface area contributed by atoms with Gasteiger partial charge in [-0.05, 0) is 81.3 Å². The predicted molar refractivity (Wildman–Crippen MR) is 132 cm³/mol. The van der Waals surface area contributed by atoms with Gasteiger partial charge >= 0.3 is 6.09 Å². The lowest BCUT2D eigenvalue weighted by molar-refractivity contribution is 0.0134. The summed E-state index contributed by atoms with van der Waals surface area (Å²) in [5.41, 5.74) is 0.323. The van der Waals surface area contributed by atoms with Gasteiger partial charge in [-0.1, -0.05) is 0 Å². The summed E-state index contributed by atoms with van der Waals surface area (Å²) in [5, 5.41) is 0. The summed E-state index contributed by atoms with van der Waals surface area (Å²) in [6, 6.07) is 3.77. The molecule has 0 radical (unpaired) electrons. The number of nitrogens with zero attached hydrogens (tertiary/aromatic N) is 5. The molecule has 2 fully saturated rings. The van der Waals surface area contributed by atoms with Crippen molar-refractivity contribution in [1.82, 2.24) is 19.0 Å². The maximum atomic E-state index is 13.0. The average molecular weight is 520 g/mol. The van der Waals surface area contributed by atoms with E-state index in [9.17, 15) is 9.59 Å². The van der Waals surface area contributed by atoms with Crippen LogP contribution in [0.4, 0.5) is 10.5 Å². The lowest BCUT2D eigenvalue weighted by Gasteiger charge is -2.40. The van der Waals surface area contributed by atoms with Crippen molar-refractivity contribution in [1.29, 1.82) is 0 Å². The monoisotopic (exact) mass is 519 g/mol. The lowest BCUT2D eigenvalue weighted by atomic mass is 10.0. The second-order valence-electron chi connectivity index (χ2n) is 10.2. The number of pyridine rings is 1. The third-order valence-corrected chi connectivity index (χ3v) is 6.73. The molecule has 1 aliphatic carbocycles. The Labute approximate surface area is 203 Å². The molecule has 1 amide bonds. The number of hydrogen-bond acceptors (Lipinski definition) is 5. The van der Waals surface area contributed by atoms with Gasteiger partial charge < -0.3 is 19.1 Å². The summed E-state index contributed by atoms with van der Waals surface area (Å²) >= 11 is 3.35. The van der Waals surface area contributed by atoms with Crippen molar-refractivity contribution in [3.63, 3.8) is 0 Å². The molecule has 9 heteroatoms. The molecule has 2 aromatic heterocycles. The molecule has 0 bridgehead atoms. The molecule has 33 heavy (non-hydrogen) atoms. The molecule has 1 unspecified atom stereocenters. The first-order chi connectivity index (χ1) is 15.6. The maximum Gasteiger partial charge on any atom is 0.410 e. The fraction of sp³-hybridized carbons (Fsp3) is 0.625. The van der Waals surface area contributed by atoms with Crippen LogP contribution in [0, 0.1) is 5.92 Å². The molecule has 2 aliphatic rings. The van der Waals surface area contributed by atoms with Gasteiger partial charge in [-0.15, -0.1) is 0 Å². The molecule has 2 aromatic rings. The third-order valence-electron chi connectivity index (χ3n) is 6.32. The van der Waals surface area contributed by atoms with Gasteiger partial charge in [-0.25, -0.2) is 9.78 Å². The third kappa shape index (κ3) is 5.99. The van der Waals surface area contributed by atoms with Gasteiger partial charge in [0.1, 0.15) is 16.4 Å². The highest BCUT2D eigenvalue weighted by atomic mass is 79.9. The highest BCUT2D eigenvalue weighted by Gasteiger charge is 2.36. The number of rotatable bonds is 6. The van der Waals surface area contributed by atoms with Gasteiger partial charge in [-0.3, -0.25) is 9.36 Å². The predicted octanol–water partition coefficient (Wildman–Crippen LogP) is 4.49. The molecular formula is C24H34BrN5O3. The molecule has 1 saturated heterocycles. The Bertz CT molecular complexity index is 1040.